The fourth-order valence-electron chi connectivity index (χ4n) is 0.889. The molecule has 10 heavy (non-hydrogen) atoms. The van der Waals surface area contributed by atoms with Crippen molar-refractivity contribution in [3.05, 3.63) is 18.6 Å². The summed E-state index contributed by atoms with van der Waals surface area (Å²) in [5, 5.41) is 0. The highest BCUT2D eigenvalue weighted by molar-refractivity contribution is 5.77. The summed E-state index contributed by atoms with van der Waals surface area (Å²) in [4.78, 5) is 10.7. The SMILES string of the molecule is Nc1cc2ncncc2[nH]1. The van der Waals surface area contributed by atoms with Gasteiger partial charge in [0.25, 0.3) is 0 Å². The summed E-state index contributed by atoms with van der Waals surface area (Å²) >= 11 is 0. The summed E-state index contributed by atoms with van der Waals surface area (Å²) < 4.78 is 0. The number of anilines is 1. The smallest absolute Gasteiger partial charge is 0.116 e. The van der Waals surface area contributed by atoms with Crippen molar-refractivity contribution in [3.8, 4) is 0 Å². The number of nitrogens with zero attached hydrogens (tertiary/aromatic N) is 2. The summed E-state index contributed by atoms with van der Waals surface area (Å²) in [6, 6.07) is 1.77. The number of H-pyrrole nitrogens is 1. The van der Waals surface area contributed by atoms with Crippen LogP contribution in [-0.4, -0.2) is 15.0 Å². The molecule has 3 N–H and O–H groups in total. The maximum atomic E-state index is 5.47. The lowest BCUT2D eigenvalue weighted by Crippen LogP contribution is -1.80. The first-order valence-electron chi connectivity index (χ1n) is 2.90. The number of rotatable bonds is 0. The van der Waals surface area contributed by atoms with Crippen molar-refractivity contribution in [1.29, 1.82) is 0 Å². The van der Waals surface area contributed by atoms with E-state index in [9.17, 15) is 0 Å². The van der Waals surface area contributed by atoms with E-state index in [-0.39, 0.29) is 0 Å². The van der Waals surface area contributed by atoms with Crippen molar-refractivity contribution < 1.29 is 0 Å². The van der Waals surface area contributed by atoms with Gasteiger partial charge in [0.15, 0.2) is 0 Å². The van der Waals surface area contributed by atoms with E-state index in [0.717, 1.165) is 11.0 Å². The number of nitrogen functional groups attached to an aromatic ring is 1. The van der Waals surface area contributed by atoms with Gasteiger partial charge in [0, 0.05) is 6.07 Å². The highest BCUT2D eigenvalue weighted by atomic mass is 14.9. The molecule has 0 aliphatic rings. The maximum absolute atomic E-state index is 5.47. The number of hydrogen-bond acceptors (Lipinski definition) is 3. The van der Waals surface area contributed by atoms with Gasteiger partial charge < -0.3 is 10.7 Å². The monoisotopic (exact) mass is 134 g/mol. The highest BCUT2D eigenvalue weighted by Crippen LogP contribution is 2.10. The zero-order chi connectivity index (χ0) is 6.97. The Hall–Kier alpha value is -1.58. The molecule has 4 heteroatoms. The van der Waals surface area contributed by atoms with Crippen LogP contribution in [-0.2, 0) is 0 Å². The van der Waals surface area contributed by atoms with Gasteiger partial charge in [-0.25, -0.2) is 9.97 Å². The first kappa shape index (κ1) is 5.22. The Morgan fingerprint density at radius 1 is 1.50 bits per heavy atom. The topological polar surface area (TPSA) is 67.6 Å². The molecule has 0 fully saturated rings. The van der Waals surface area contributed by atoms with Gasteiger partial charge >= 0.3 is 0 Å². The van der Waals surface area contributed by atoms with Crippen molar-refractivity contribution in [2.45, 2.75) is 0 Å². The van der Waals surface area contributed by atoms with Crippen LogP contribution in [0.1, 0.15) is 0 Å². The Morgan fingerprint density at radius 2 is 2.40 bits per heavy atom. The number of aromatic nitrogens is 3. The molecule has 2 heterocycles. The van der Waals surface area contributed by atoms with E-state index in [4.69, 9.17) is 5.73 Å². The molecule has 4 nitrogen and oxygen atoms in total. The van der Waals surface area contributed by atoms with Crippen molar-refractivity contribution in [2.75, 3.05) is 5.73 Å². The van der Waals surface area contributed by atoms with E-state index in [2.05, 4.69) is 15.0 Å². The largest absolute Gasteiger partial charge is 0.385 e. The number of fused-ring (bicyclic) bond motifs is 1. The molecule has 0 spiro atoms. The minimum Gasteiger partial charge on any atom is -0.385 e. The molecule has 0 radical (unpaired) electrons. The van der Waals surface area contributed by atoms with Crippen LogP contribution >= 0.6 is 0 Å². The van der Waals surface area contributed by atoms with Crippen LogP contribution in [0.5, 0.6) is 0 Å². The van der Waals surface area contributed by atoms with E-state index < -0.39 is 0 Å². The molecule has 2 aromatic rings. The van der Waals surface area contributed by atoms with Gasteiger partial charge in [-0.05, 0) is 0 Å². The summed E-state index contributed by atoms with van der Waals surface area (Å²) in [6.07, 6.45) is 3.19. The summed E-state index contributed by atoms with van der Waals surface area (Å²) in [5.41, 5.74) is 7.20. The second kappa shape index (κ2) is 1.70. The van der Waals surface area contributed by atoms with Crippen molar-refractivity contribution in [1.82, 2.24) is 15.0 Å². The zero-order valence-electron chi connectivity index (χ0n) is 5.20. The van der Waals surface area contributed by atoms with E-state index in [1.54, 1.807) is 12.3 Å². The van der Waals surface area contributed by atoms with Crippen LogP contribution in [0.15, 0.2) is 18.6 Å². The van der Waals surface area contributed by atoms with Crippen LogP contribution in [0.3, 0.4) is 0 Å². The molecule has 0 aromatic carbocycles. The molecular formula is C6H6N4. The lowest BCUT2D eigenvalue weighted by molar-refractivity contribution is 1.22. The standard InChI is InChI=1S/C6H6N4/c7-6-1-4-5(10-6)2-8-3-9-4/h1-3,10H,7H2. The zero-order valence-corrected chi connectivity index (χ0v) is 5.20. The molecule has 0 amide bonds. The molecule has 2 rings (SSSR count). The Balaban J connectivity index is 2.88. The summed E-state index contributed by atoms with van der Waals surface area (Å²) in [5.74, 6) is 0.621. The van der Waals surface area contributed by atoms with Gasteiger partial charge in [0.2, 0.25) is 0 Å². The summed E-state index contributed by atoms with van der Waals surface area (Å²) in [7, 11) is 0. The van der Waals surface area contributed by atoms with Crippen molar-refractivity contribution in [3.63, 3.8) is 0 Å². The first-order valence-corrected chi connectivity index (χ1v) is 2.90. The first-order chi connectivity index (χ1) is 4.86. The third-order valence-corrected chi connectivity index (χ3v) is 1.31. The predicted molar refractivity (Wildman–Crippen MR) is 38.3 cm³/mol. The Labute approximate surface area is 57.1 Å². The number of hydrogen-bond donors (Lipinski definition) is 2. The van der Waals surface area contributed by atoms with Gasteiger partial charge in [-0.15, -0.1) is 0 Å². The van der Waals surface area contributed by atoms with E-state index in [1.165, 1.54) is 6.33 Å². The van der Waals surface area contributed by atoms with Gasteiger partial charge in [-0.3, -0.25) is 0 Å². The van der Waals surface area contributed by atoms with Crippen molar-refractivity contribution in [2.24, 2.45) is 0 Å². The third kappa shape index (κ3) is 0.621. The average molecular weight is 134 g/mol. The Morgan fingerprint density at radius 3 is 3.20 bits per heavy atom. The Bertz CT molecular complexity index is 318. The Kier molecular flexibility index (Phi) is 0.887. The normalized spacial score (nSPS) is 10.4. The van der Waals surface area contributed by atoms with Crippen LogP contribution < -0.4 is 5.73 Å². The highest BCUT2D eigenvalue weighted by Gasteiger charge is 1.95. The van der Waals surface area contributed by atoms with Crippen molar-refractivity contribution >= 4 is 16.9 Å². The minimum atomic E-state index is 0.621. The van der Waals surface area contributed by atoms with E-state index in [0.29, 0.717) is 5.82 Å². The van der Waals surface area contributed by atoms with Crippen LogP contribution in [0.4, 0.5) is 5.82 Å². The lowest BCUT2D eigenvalue weighted by Gasteiger charge is -1.82. The summed E-state index contributed by atoms with van der Waals surface area (Å²) in [6.45, 7) is 0. The second-order valence-electron chi connectivity index (χ2n) is 2.05. The van der Waals surface area contributed by atoms with Gasteiger partial charge in [0.1, 0.15) is 12.1 Å². The molecule has 0 bridgehead atoms. The average Bonchev–Trinajstić information content (AvgIpc) is 2.27. The third-order valence-electron chi connectivity index (χ3n) is 1.31. The quantitative estimate of drug-likeness (QED) is 0.552. The fourth-order valence-corrected chi connectivity index (χ4v) is 0.889. The maximum Gasteiger partial charge on any atom is 0.116 e. The molecule has 50 valence electrons. The van der Waals surface area contributed by atoms with Crippen LogP contribution in [0.25, 0.3) is 11.0 Å². The van der Waals surface area contributed by atoms with E-state index in [1.807, 2.05) is 0 Å². The lowest BCUT2D eigenvalue weighted by atomic mass is 10.5. The van der Waals surface area contributed by atoms with Gasteiger partial charge in [-0.2, -0.15) is 0 Å². The molecule has 0 aliphatic heterocycles. The number of aromatic amines is 1. The number of nitrogens with one attached hydrogen (secondary N) is 1. The molecule has 0 unspecified atom stereocenters. The molecule has 2 aromatic heterocycles. The van der Waals surface area contributed by atoms with Crippen LogP contribution in [0.2, 0.25) is 0 Å². The molecule has 0 atom stereocenters. The van der Waals surface area contributed by atoms with Crippen LogP contribution in [0, 0.1) is 0 Å². The van der Waals surface area contributed by atoms with Gasteiger partial charge in [-0.1, -0.05) is 0 Å². The van der Waals surface area contributed by atoms with E-state index >= 15 is 0 Å². The molecular weight excluding hydrogens is 128 g/mol. The predicted octanol–water partition coefficient (Wildman–Crippen LogP) is 0.540. The van der Waals surface area contributed by atoms with Gasteiger partial charge in [0.05, 0.1) is 17.2 Å². The second-order valence-corrected chi connectivity index (χ2v) is 2.05. The fraction of sp³-hybridized carbons (Fsp3) is 0. The molecule has 0 aliphatic carbocycles. The number of nitrogens with two attached hydrogens (primary N) is 1. The minimum absolute atomic E-state index is 0.621. The molecule has 0 saturated carbocycles. The molecule has 0 saturated heterocycles.